The Bertz CT molecular complexity index is 522. The number of halogens is 2. The van der Waals surface area contributed by atoms with Crippen LogP contribution in [0.5, 0.6) is 0 Å². The highest BCUT2D eigenvalue weighted by Crippen LogP contribution is 2.47. The first kappa shape index (κ1) is 18.7. The van der Waals surface area contributed by atoms with E-state index in [1.165, 1.54) is 0 Å². The van der Waals surface area contributed by atoms with Gasteiger partial charge in [0.05, 0.1) is 19.1 Å². The zero-order valence-corrected chi connectivity index (χ0v) is 13.9. The molecule has 3 atom stereocenters. The lowest BCUT2D eigenvalue weighted by Gasteiger charge is -2.19. The van der Waals surface area contributed by atoms with Gasteiger partial charge >= 0.3 is 0 Å². The zero-order chi connectivity index (χ0) is 15.4. The van der Waals surface area contributed by atoms with Crippen LogP contribution in [0.2, 0.25) is 5.02 Å². The Kier molecular flexibility index (Phi) is 7.13. The molecule has 1 fully saturated rings. The maximum atomic E-state index is 12.0. The van der Waals surface area contributed by atoms with E-state index in [1.807, 2.05) is 24.3 Å². The largest absolute Gasteiger partial charge is 0.347 e. The van der Waals surface area contributed by atoms with Crippen molar-refractivity contribution in [3.63, 3.8) is 0 Å². The Labute approximate surface area is 141 Å². The van der Waals surface area contributed by atoms with Crippen LogP contribution in [0.1, 0.15) is 24.9 Å². The van der Waals surface area contributed by atoms with Crippen molar-refractivity contribution in [3.8, 4) is 0 Å². The molecule has 22 heavy (non-hydrogen) atoms. The van der Waals surface area contributed by atoms with E-state index in [4.69, 9.17) is 17.3 Å². The van der Waals surface area contributed by atoms with Gasteiger partial charge in [-0.05, 0) is 36.0 Å². The van der Waals surface area contributed by atoms with E-state index < -0.39 is 0 Å². The molecule has 4 N–H and O–H groups in total. The number of carbonyl (C=O) groups is 2. The first-order valence-electron chi connectivity index (χ1n) is 7.03. The molecule has 122 valence electrons. The number of amides is 2. The average molecular weight is 346 g/mol. The third kappa shape index (κ3) is 5.16. The molecule has 0 bridgehead atoms. The highest BCUT2D eigenvalue weighted by atomic mass is 35.5. The van der Waals surface area contributed by atoms with Crippen molar-refractivity contribution in [2.45, 2.75) is 19.4 Å². The first-order valence-corrected chi connectivity index (χ1v) is 7.40. The Morgan fingerprint density at radius 1 is 1.32 bits per heavy atom. The minimum Gasteiger partial charge on any atom is -0.347 e. The van der Waals surface area contributed by atoms with Gasteiger partial charge < -0.3 is 16.4 Å². The molecule has 0 radical (unpaired) electrons. The first-order chi connectivity index (χ1) is 10.0. The van der Waals surface area contributed by atoms with Crippen molar-refractivity contribution in [2.75, 3.05) is 13.1 Å². The Morgan fingerprint density at radius 2 is 1.91 bits per heavy atom. The lowest BCUT2D eigenvalue weighted by atomic mass is 10.0. The third-order valence-electron chi connectivity index (χ3n) is 3.78. The molecule has 0 aromatic heterocycles. The normalized spacial score (nSPS) is 20.5. The van der Waals surface area contributed by atoms with Crippen LogP contribution in [0.25, 0.3) is 0 Å². The molecule has 1 aromatic rings. The van der Waals surface area contributed by atoms with Crippen LogP contribution < -0.4 is 16.4 Å². The van der Waals surface area contributed by atoms with Crippen LogP contribution in [0.4, 0.5) is 0 Å². The summed E-state index contributed by atoms with van der Waals surface area (Å²) in [5.41, 5.74) is 6.22. The lowest BCUT2D eigenvalue weighted by molar-refractivity contribution is -0.125. The van der Waals surface area contributed by atoms with Crippen molar-refractivity contribution in [1.82, 2.24) is 10.6 Å². The summed E-state index contributed by atoms with van der Waals surface area (Å²) >= 11 is 5.90. The molecule has 1 aromatic carbocycles. The number of benzene rings is 1. The Balaban J connectivity index is 0.00000242. The van der Waals surface area contributed by atoms with Gasteiger partial charge in [0, 0.05) is 5.02 Å². The van der Waals surface area contributed by atoms with Crippen molar-refractivity contribution in [2.24, 2.45) is 17.6 Å². The Hall–Kier alpha value is -1.30. The number of hydrogen-bond acceptors (Lipinski definition) is 3. The fraction of sp³-hybridized carbons (Fsp3) is 0.467. The second-order valence-corrected chi connectivity index (χ2v) is 5.89. The zero-order valence-electron chi connectivity index (χ0n) is 12.3. The van der Waals surface area contributed by atoms with E-state index in [0.29, 0.717) is 16.9 Å². The monoisotopic (exact) mass is 345 g/mol. The van der Waals surface area contributed by atoms with Crippen molar-refractivity contribution in [3.05, 3.63) is 34.9 Å². The second kappa shape index (κ2) is 8.36. The summed E-state index contributed by atoms with van der Waals surface area (Å²) in [7, 11) is 0. The standard InChI is InChI=1S/C15H20ClN3O2.ClH/c1-9-6-12(9)15(10-2-4-11(16)5-3-10)19-14(21)8-18-13(20)7-17;/h2-5,9,12,15H,6-8,17H2,1H3,(H,18,20)(H,19,21);1H. The van der Waals surface area contributed by atoms with Crippen LogP contribution in [0, 0.1) is 11.8 Å². The molecule has 0 heterocycles. The summed E-state index contributed by atoms with van der Waals surface area (Å²) in [5, 5.41) is 6.13. The molecule has 3 unspecified atom stereocenters. The van der Waals surface area contributed by atoms with Gasteiger partial charge in [0.25, 0.3) is 0 Å². The van der Waals surface area contributed by atoms with Crippen LogP contribution in [0.15, 0.2) is 24.3 Å². The van der Waals surface area contributed by atoms with E-state index in [2.05, 4.69) is 17.6 Å². The van der Waals surface area contributed by atoms with Crippen molar-refractivity contribution < 1.29 is 9.59 Å². The topological polar surface area (TPSA) is 84.2 Å². The van der Waals surface area contributed by atoms with Crippen molar-refractivity contribution >= 4 is 35.8 Å². The van der Waals surface area contributed by atoms with Gasteiger partial charge in [-0.25, -0.2) is 0 Å². The molecule has 0 spiro atoms. The van der Waals surface area contributed by atoms with Gasteiger partial charge in [-0.2, -0.15) is 0 Å². The van der Waals surface area contributed by atoms with Gasteiger partial charge in [-0.1, -0.05) is 30.7 Å². The van der Waals surface area contributed by atoms with E-state index in [1.54, 1.807) is 0 Å². The van der Waals surface area contributed by atoms with Crippen LogP contribution in [0.3, 0.4) is 0 Å². The number of nitrogens with two attached hydrogens (primary N) is 1. The molecule has 0 aliphatic heterocycles. The predicted molar refractivity (Wildman–Crippen MR) is 88.9 cm³/mol. The van der Waals surface area contributed by atoms with Gasteiger partial charge in [-0.15, -0.1) is 12.4 Å². The molecule has 2 rings (SSSR count). The van der Waals surface area contributed by atoms with Gasteiger partial charge in [0.15, 0.2) is 0 Å². The highest BCUT2D eigenvalue weighted by molar-refractivity contribution is 6.30. The summed E-state index contributed by atoms with van der Waals surface area (Å²) < 4.78 is 0. The minimum absolute atomic E-state index is 0. The quantitative estimate of drug-likeness (QED) is 0.732. The molecular weight excluding hydrogens is 325 g/mol. The predicted octanol–water partition coefficient (Wildman–Crippen LogP) is 1.65. The van der Waals surface area contributed by atoms with Crippen molar-refractivity contribution in [1.29, 1.82) is 0 Å². The molecule has 0 saturated heterocycles. The van der Waals surface area contributed by atoms with E-state index >= 15 is 0 Å². The molecule has 2 amide bonds. The lowest BCUT2D eigenvalue weighted by Crippen LogP contribution is -2.41. The van der Waals surface area contributed by atoms with Crippen LogP contribution in [-0.4, -0.2) is 24.9 Å². The summed E-state index contributed by atoms with van der Waals surface area (Å²) in [5.74, 6) is 0.466. The molecule has 1 aliphatic rings. The summed E-state index contributed by atoms with van der Waals surface area (Å²) in [6.45, 7) is 1.99. The maximum absolute atomic E-state index is 12.0. The maximum Gasteiger partial charge on any atom is 0.239 e. The van der Waals surface area contributed by atoms with E-state index in [-0.39, 0.29) is 43.4 Å². The van der Waals surface area contributed by atoms with Gasteiger partial charge in [0.2, 0.25) is 11.8 Å². The second-order valence-electron chi connectivity index (χ2n) is 5.45. The number of hydrogen-bond donors (Lipinski definition) is 3. The molecular formula is C15H21Cl2N3O2. The number of rotatable bonds is 6. The number of nitrogens with one attached hydrogen (secondary N) is 2. The van der Waals surface area contributed by atoms with Crippen LogP contribution >= 0.6 is 24.0 Å². The highest BCUT2D eigenvalue weighted by Gasteiger charge is 2.40. The van der Waals surface area contributed by atoms with Gasteiger partial charge in [-0.3, -0.25) is 9.59 Å². The molecule has 5 nitrogen and oxygen atoms in total. The fourth-order valence-corrected chi connectivity index (χ4v) is 2.52. The fourth-order valence-electron chi connectivity index (χ4n) is 2.40. The third-order valence-corrected chi connectivity index (χ3v) is 4.03. The molecule has 1 aliphatic carbocycles. The molecule has 7 heteroatoms. The molecule has 1 saturated carbocycles. The van der Waals surface area contributed by atoms with E-state index in [0.717, 1.165) is 12.0 Å². The minimum atomic E-state index is -0.340. The van der Waals surface area contributed by atoms with Gasteiger partial charge in [0.1, 0.15) is 0 Å². The van der Waals surface area contributed by atoms with Crippen LogP contribution in [-0.2, 0) is 9.59 Å². The Morgan fingerprint density at radius 3 is 2.41 bits per heavy atom. The summed E-state index contributed by atoms with van der Waals surface area (Å²) in [4.78, 5) is 23.0. The summed E-state index contributed by atoms with van der Waals surface area (Å²) in [6, 6.07) is 7.45. The average Bonchev–Trinajstić information content (AvgIpc) is 3.20. The number of carbonyl (C=O) groups excluding carboxylic acids is 2. The SMILES string of the molecule is CC1CC1C(NC(=O)CNC(=O)CN)c1ccc(Cl)cc1.Cl. The summed E-state index contributed by atoms with van der Waals surface area (Å²) in [6.07, 6.45) is 1.09. The smallest absolute Gasteiger partial charge is 0.239 e. The van der Waals surface area contributed by atoms with E-state index in [9.17, 15) is 9.59 Å².